The van der Waals surface area contributed by atoms with E-state index in [1.807, 2.05) is 0 Å². The van der Waals surface area contributed by atoms with E-state index in [9.17, 15) is 0 Å². The van der Waals surface area contributed by atoms with Crippen LogP contribution in [0.3, 0.4) is 0 Å². The van der Waals surface area contributed by atoms with Gasteiger partial charge in [0.25, 0.3) is 0 Å². The molecule has 2 N–H and O–H groups in total. The number of benzene rings is 3. The first-order chi connectivity index (χ1) is 9.31. The maximum atomic E-state index is 6.44. The number of hydrogen-bond acceptors (Lipinski definition) is 1. The number of rotatable bonds is 3. The smallest absolute Gasteiger partial charge is 0.0307 e. The topological polar surface area (TPSA) is 26.0 Å². The molecule has 0 spiro atoms. The van der Waals surface area contributed by atoms with Crippen molar-refractivity contribution in [1.29, 1.82) is 0 Å². The predicted octanol–water partition coefficient (Wildman–Crippen LogP) is 5.21. The molecule has 0 radical (unpaired) electrons. The summed E-state index contributed by atoms with van der Waals surface area (Å²) < 4.78 is 0. The lowest BCUT2D eigenvalue weighted by Crippen LogP contribution is -2.11. The van der Waals surface area contributed by atoms with E-state index < -0.39 is 0 Å². The highest BCUT2D eigenvalue weighted by molar-refractivity contribution is 6.02. The van der Waals surface area contributed by atoms with E-state index in [2.05, 4.69) is 61.5 Å². The van der Waals surface area contributed by atoms with E-state index in [-0.39, 0.29) is 18.4 Å². The molecule has 0 bridgehead atoms. The van der Waals surface area contributed by atoms with Crippen LogP contribution in [0.15, 0.2) is 54.6 Å². The SMILES string of the molecule is CCC[C@@H](N)c1c2ccccc2cc2ccccc12.Cl. The molecule has 3 aromatic rings. The average molecular weight is 286 g/mol. The molecule has 0 aliphatic carbocycles. The quantitative estimate of drug-likeness (QED) is 0.656. The van der Waals surface area contributed by atoms with Gasteiger partial charge in [0, 0.05) is 6.04 Å². The molecule has 3 aromatic carbocycles. The van der Waals surface area contributed by atoms with Crippen molar-refractivity contribution in [3.63, 3.8) is 0 Å². The van der Waals surface area contributed by atoms with Gasteiger partial charge in [0.15, 0.2) is 0 Å². The van der Waals surface area contributed by atoms with Crippen LogP contribution in [0.1, 0.15) is 31.4 Å². The van der Waals surface area contributed by atoms with Crippen LogP contribution in [0.25, 0.3) is 21.5 Å². The zero-order valence-corrected chi connectivity index (χ0v) is 12.5. The fraction of sp³-hybridized carbons (Fsp3) is 0.222. The summed E-state index contributed by atoms with van der Waals surface area (Å²) in [5, 5.41) is 5.15. The Bertz CT molecular complexity index is 667. The molecule has 1 atom stereocenters. The summed E-state index contributed by atoms with van der Waals surface area (Å²) in [4.78, 5) is 0. The van der Waals surface area contributed by atoms with Gasteiger partial charge in [0.2, 0.25) is 0 Å². The Morgan fingerprint density at radius 1 is 0.900 bits per heavy atom. The normalized spacial score (nSPS) is 12.3. The Labute approximate surface area is 126 Å². The second-order valence-electron chi connectivity index (χ2n) is 5.13. The van der Waals surface area contributed by atoms with Gasteiger partial charge in [0.1, 0.15) is 0 Å². The Morgan fingerprint density at radius 2 is 1.40 bits per heavy atom. The summed E-state index contributed by atoms with van der Waals surface area (Å²) in [6.07, 6.45) is 2.14. The minimum atomic E-state index is 0. The van der Waals surface area contributed by atoms with Crippen molar-refractivity contribution >= 4 is 34.0 Å². The lowest BCUT2D eigenvalue weighted by atomic mass is 9.91. The van der Waals surface area contributed by atoms with E-state index in [0.29, 0.717) is 0 Å². The van der Waals surface area contributed by atoms with Crippen molar-refractivity contribution in [2.75, 3.05) is 0 Å². The summed E-state index contributed by atoms with van der Waals surface area (Å²) in [7, 11) is 0. The number of hydrogen-bond donors (Lipinski definition) is 1. The highest BCUT2D eigenvalue weighted by Gasteiger charge is 2.13. The van der Waals surface area contributed by atoms with E-state index in [1.165, 1.54) is 27.1 Å². The van der Waals surface area contributed by atoms with Crippen LogP contribution >= 0.6 is 12.4 Å². The molecule has 0 aliphatic rings. The van der Waals surface area contributed by atoms with Crippen LogP contribution in [0.5, 0.6) is 0 Å². The van der Waals surface area contributed by atoms with Crippen LogP contribution in [0.2, 0.25) is 0 Å². The van der Waals surface area contributed by atoms with Crippen LogP contribution in [0, 0.1) is 0 Å². The van der Waals surface area contributed by atoms with Crippen LogP contribution in [0.4, 0.5) is 0 Å². The monoisotopic (exact) mass is 285 g/mol. The summed E-state index contributed by atoms with van der Waals surface area (Å²) >= 11 is 0. The number of fused-ring (bicyclic) bond motifs is 2. The molecule has 3 rings (SSSR count). The summed E-state index contributed by atoms with van der Waals surface area (Å²) in [5.41, 5.74) is 7.74. The predicted molar refractivity (Wildman–Crippen MR) is 90.5 cm³/mol. The maximum Gasteiger partial charge on any atom is 0.0307 e. The van der Waals surface area contributed by atoms with Crippen molar-refractivity contribution < 1.29 is 0 Å². The molecule has 0 amide bonds. The van der Waals surface area contributed by atoms with Gasteiger partial charge in [-0.2, -0.15) is 0 Å². The Kier molecular flexibility index (Phi) is 4.64. The second kappa shape index (κ2) is 6.25. The zero-order valence-electron chi connectivity index (χ0n) is 11.7. The molecule has 0 aliphatic heterocycles. The zero-order chi connectivity index (χ0) is 13.2. The van der Waals surface area contributed by atoms with Gasteiger partial charge < -0.3 is 5.73 Å². The van der Waals surface area contributed by atoms with Gasteiger partial charge in [-0.1, -0.05) is 61.9 Å². The fourth-order valence-corrected chi connectivity index (χ4v) is 2.90. The third-order valence-electron chi connectivity index (χ3n) is 3.78. The van der Waals surface area contributed by atoms with Crippen molar-refractivity contribution in [1.82, 2.24) is 0 Å². The van der Waals surface area contributed by atoms with Crippen LogP contribution in [-0.4, -0.2) is 0 Å². The van der Waals surface area contributed by atoms with Crippen molar-refractivity contribution in [3.8, 4) is 0 Å². The van der Waals surface area contributed by atoms with Gasteiger partial charge in [-0.25, -0.2) is 0 Å². The first-order valence-corrected chi connectivity index (χ1v) is 6.97. The molecular weight excluding hydrogens is 266 g/mol. The highest BCUT2D eigenvalue weighted by Crippen LogP contribution is 2.33. The minimum Gasteiger partial charge on any atom is -0.324 e. The molecule has 0 fully saturated rings. The second-order valence-corrected chi connectivity index (χ2v) is 5.13. The molecule has 0 saturated carbocycles. The van der Waals surface area contributed by atoms with E-state index in [0.717, 1.165) is 12.8 Å². The Balaban J connectivity index is 0.00000147. The summed E-state index contributed by atoms with van der Waals surface area (Å²) in [6.45, 7) is 2.19. The lowest BCUT2D eigenvalue weighted by molar-refractivity contribution is 0.646. The molecule has 0 saturated heterocycles. The highest BCUT2D eigenvalue weighted by atomic mass is 35.5. The van der Waals surface area contributed by atoms with Crippen LogP contribution in [-0.2, 0) is 0 Å². The molecule has 0 unspecified atom stereocenters. The van der Waals surface area contributed by atoms with Gasteiger partial charge in [-0.3, -0.25) is 0 Å². The molecule has 0 heterocycles. The van der Waals surface area contributed by atoms with Gasteiger partial charge in [-0.05, 0) is 39.6 Å². The number of halogens is 1. The standard InChI is InChI=1S/C18H19N.ClH/c1-2-7-17(19)18-15-10-5-3-8-13(15)12-14-9-4-6-11-16(14)18;/h3-6,8-12,17H,2,7,19H2,1H3;1H/t17-;/m1./s1. The van der Waals surface area contributed by atoms with Crippen molar-refractivity contribution in [2.24, 2.45) is 5.73 Å². The van der Waals surface area contributed by atoms with Crippen molar-refractivity contribution in [2.45, 2.75) is 25.8 Å². The van der Waals surface area contributed by atoms with E-state index in [1.54, 1.807) is 0 Å². The first kappa shape index (κ1) is 14.8. The minimum absolute atomic E-state index is 0. The maximum absolute atomic E-state index is 6.44. The first-order valence-electron chi connectivity index (χ1n) is 6.97. The lowest BCUT2D eigenvalue weighted by Gasteiger charge is -2.17. The molecule has 104 valence electrons. The van der Waals surface area contributed by atoms with E-state index >= 15 is 0 Å². The fourth-order valence-electron chi connectivity index (χ4n) is 2.90. The largest absolute Gasteiger partial charge is 0.324 e. The third kappa shape index (κ3) is 2.52. The molecule has 2 heteroatoms. The Hall–Kier alpha value is -1.57. The van der Waals surface area contributed by atoms with Gasteiger partial charge in [-0.15, -0.1) is 12.4 Å². The molecule has 1 nitrogen and oxygen atoms in total. The van der Waals surface area contributed by atoms with Gasteiger partial charge in [0.05, 0.1) is 0 Å². The molecular formula is C18H20ClN. The average Bonchev–Trinajstić information content (AvgIpc) is 2.44. The van der Waals surface area contributed by atoms with Crippen LogP contribution < -0.4 is 5.73 Å². The summed E-state index contributed by atoms with van der Waals surface area (Å²) in [5.74, 6) is 0. The third-order valence-corrected chi connectivity index (χ3v) is 3.78. The van der Waals surface area contributed by atoms with E-state index in [4.69, 9.17) is 5.73 Å². The Morgan fingerprint density at radius 3 is 1.90 bits per heavy atom. The van der Waals surface area contributed by atoms with Crippen molar-refractivity contribution in [3.05, 3.63) is 60.2 Å². The number of nitrogens with two attached hydrogens (primary N) is 1. The summed E-state index contributed by atoms with van der Waals surface area (Å²) in [6, 6.07) is 19.5. The van der Waals surface area contributed by atoms with Gasteiger partial charge >= 0.3 is 0 Å². The molecule has 20 heavy (non-hydrogen) atoms. The molecule has 0 aromatic heterocycles.